The smallest absolute Gasteiger partial charge is 0.420 e. The molecular weight excluding hydrogens is 381 g/mol. The van der Waals surface area contributed by atoms with Crippen LogP contribution in [0.3, 0.4) is 0 Å². The molecule has 4 rings (SSSR count). The Hall–Kier alpha value is -2.46. The van der Waals surface area contributed by atoms with Crippen molar-refractivity contribution in [2.24, 2.45) is 0 Å². The van der Waals surface area contributed by atoms with Crippen molar-refractivity contribution in [2.45, 2.75) is 12.2 Å². The molecule has 0 spiro atoms. The van der Waals surface area contributed by atoms with E-state index in [0.717, 1.165) is 6.07 Å². The normalized spacial score (nSPS) is 15.3. The van der Waals surface area contributed by atoms with Gasteiger partial charge in [0.1, 0.15) is 11.3 Å². The molecule has 0 aliphatic carbocycles. The van der Waals surface area contributed by atoms with Crippen molar-refractivity contribution < 1.29 is 22.4 Å². The molecule has 0 radical (unpaired) electrons. The number of likely N-dealkylation sites (tertiary alicyclic amines) is 1. The molecule has 3 aromatic heterocycles. The maximum absolute atomic E-state index is 13.5. The Morgan fingerprint density at radius 2 is 2.11 bits per heavy atom. The van der Waals surface area contributed by atoms with Gasteiger partial charge in [-0.1, -0.05) is 11.9 Å². The van der Waals surface area contributed by atoms with Crippen LogP contribution in [0.2, 0.25) is 0 Å². The first-order valence-electron chi connectivity index (χ1n) is 8.07. The van der Waals surface area contributed by atoms with Gasteiger partial charge in [-0.15, -0.1) is 0 Å². The molecule has 0 unspecified atom stereocenters. The quantitative estimate of drug-likeness (QED) is 0.686. The number of furan rings is 1. The van der Waals surface area contributed by atoms with Gasteiger partial charge in [0.25, 0.3) is 5.91 Å². The number of fused-ring (bicyclic) bond motifs is 1. The SMILES string of the molecule is CSNC1CN(C(=O)c2cn3cc(-c4ccoc4)cc(C(F)(F)F)c3n2)C1. The summed E-state index contributed by atoms with van der Waals surface area (Å²) in [5, 5.41) is 0. The van der Waals surface area contributed by atoms with Crippen molar-refractivity contribution in [1.29, 1.82) is 0 Å². The van der Waals surface area contributed by atoms with Gasteiger partial charge in [-0.3, -0.25) is 9.52 Å². The molecule has 3 aromatic rings. The van der Waals surface area contributed by atoms with E-state index in [0.29, 0.717) is 24.2 Å². The van der Waals surface area contributed by atoms with Crippen LogP contribution in [0.1, 0.15) is 16.1 Å². The molecule has 142 valence electrons. The molecule has 27 heavy (non-hydrogen) atoms. The highest BCUT2D eigenvalue weighted by Crippen LogP contribution is 2.35. The summed E-state index contributed by atoms with van der Waals surface area (Å²) < 4.78 is 50.0. The fourth-order valence-corrected chi connectivity index (χ4v) is 3.53. The molecule has 1 saturated heterocycles. The van der Waals surface area contributed by atoms with Crippen molar-refractivity contribution in [3.63, 3.8) is 0 Å². The van der Waals surface area contributed by atoms with E-state index in [9.17, 15) is 18.0 Å². The van der Waals surface area contributed by atoms with Gasteiger partial charge in [-0.2, -0.15) is 13.2 Å². The van der Waals surface area contributed by atoms with Crippen molar-refractivity contribution in [3.8, 4) is 11.1 Å². The monoisotopic (exact) mass is 396 g/mol. The zero-order chi connectivity index (χ0) is 19.2. The molecular formula is C17H15F3N4O2S. The maximum Gasteiger partial charge on any atom is 0.420 e. The van der Waals surface area contributed by atoms with Gasteiger partial charge in [-0.05, 0) is 18.4 Å². The Bertz CT molecular complexity index is 978. The van der Waals surface area contributed by atoms with Gasteiger partial charge in [0, 0.05) is 36.6 Å². The van der Waals surface area contributed by atoms with Gasteiger partial charge in [0.2, 0.25) is 0 Å². The summed E-state index contributed by atoms with van der Waals surface area (Å²) in [5.41, 5.74) is -0.360. The van der Waals surface area contributed by atoms with Gasteiger partial charge in [0.05, 0.1) is 24.1 Å². The largest absolute Gasteiger partial charge is 0.472 e. The van der Waals surface area contributed by atoms with Crippen LogP contribution in [0.15, 0.2) is 41.5 Å². The number of amides is 1. The predicted octanol–water partition coefficient (Wildman–Crippen LogP) is 3.31. The molecule has 0 atom stereocenters. The van der Waals surface area contributed by atoms with E-state index in [4.69, 9.17) is 4.42 Å². The fraction of sp³-hybridized carbons (Fsp3) is 0.294. The maximum atomic E-state index is 13.5. The number of nitrogens with zero attached hydrogens (tertiary/aromatic N) is 3. The number of aromatic nitrogens is 2. The van der Waals surface area contributed by atoms with Crippen LogP contribution < -0.4 is 4.72 Å². The standard InChI is InChI=1S/C17H15F3N4O2S/c1-27-22-12-6-24(7-12)16(25)14-8-23-5-11(10-2-3-26-9-10)4-13(15(23)21-14)17(18,19)20/h2-5,8-9,12,22H,6-7H2,1H3. The molecule has 1 aliphatic heterocycles. The molecule has 6 nitrogen and oxygen atoms in total. The van der Waals surface area contributed by atoms with Crippen molar-refractivity contribution in [1.82, 2.24) is 19.0 Å². The molecule has 10 heteroatoms. The Morgan fingerprint density at radius 3 is 2.74 bits per heavy atom. The molecule has 1 amide bonds. The van der Waals surface area contributed by atoms with Gasteiger partial charge in [0.15, 0.2) is 0 Å². The third-order valence-corrected chi connectivity index (χ3v) is 4.95. The van der Waals surface area contributed by atoms with Crippen molar-refractivity contribution in [2.75, 3.05) is 19.3 Å². The van der Waals surface area contributed by atoms with Crippen LogP contribution in [0.5, 0.6) is 0 Å². The molecule has 1 N–H and O–H groups in total. The highest BCUT2D eigenvalue weighted by atomic mass is 32.2. The van der Waals surface area contributed by atoms with Crippen LogP contribution in [-0.2, 0) is 6.18 Å². The number of pyridine rings is 1. The minimum atomic E-state index is -4.60. The summed E-state index contributed by atoms with van der Waals surface area (Å²) in [4.78, 5) is 18.1. The lowest BCUT2D eigenvalue weighted by Crippen LogP contribution is -2.58. The van der Waals surface area contributed by atoms with Crippen LogP contribution in [0.25, 0.3) is 16.8 Å². The van der Waals surface area contributed by atoms with Crippen LogP contribution in [0.4, 0.5) is 13.2 Å². The van der Waals surface area contributed by atoms with Gasteiger partial charge >= 0.3 is 6.18 Å². The number of rotatable bonds is 4. The molecule has 1 fully saturated rings. The van der Waals surface area contributed by atoms with E-state index in [-0.39, 0.29) is 23.3 Å². The number of nitrogens with one attached hydrogen (secondary N) is 1. The van der Waals surface area contributed by atoms with E-state index in [1.807, 2.05) is 6.26 Å². The third kappa shape index (κ3) is 3.30. The Balaban J connectivity index is 1.72. The number of carbonyl (C=O) groups excluding carboxylic acids is 1. The predicted molar refractivity (Wildman–Crippen MR) is 94.2 cm³/mol. The highest BCUT2D eigenvalue weighted by Gasteiger charge is 2.36. The van der Waals surface area contributed by atoms with Gasteiger partial charge < -0.3 is 13.7 Å². The van der Waals surface area contributed by atoms with Crippen LogP contribution >= 0.6 is 11.9 Å². The average Bonchev–Trinajstić information content (AvgIpc) is 3.24. The Labute approximate surface area is 156 Å². The van der Waals surface area contributed by atoms with Crippen LogP contribution in [-0.4, -0.2) is 45.6 Å². The van der Waals surface area contributed by atoms with E-state index in [1.165, 1.54) is 41.3 Å². The zero-order valence-corrected chi connectivity index (χ0v) is 15.0. The third-order valence-electron chi connectivity index (χ3n) is 4.38. The first-order chi connectivity index (χ1) is 12.9. The van der Waals surface area contributed by atoms with E-state index >= 15 is 0 Å². The molecule has 4 heterocycles. The topological polar surface area (TPSA) is 62.8 Å². The fourth-order valence-electron chi connectivity index (χ4n) is 3.04. The summed E-state index contributed by atoms with van der Waals surface area (Å²) in [6.07, 6.45) is 2.89. The number of hydrogen-bond donors (Lipinski definition) is 1. The molecule has 0 aromatic carbocycles. The second-order valence-corrected chi connectivity index (χ2v) is 6.88. The first-order valence-corrected chi connectivity index (χ1v) is 9.29. The zero-order valence-electron chi connectivity index (χ0n) is 14.2. The lowest BCUT2D eigenvalue weighted by Gasteiger charge is -2.38. The second kappa shape index (κ2) is 6.61. The minimum Gasteiger partial charge on any atom is -0.472 e. The number of alkyl halides is 3. The summed E-state index contributed by atoms with van der Waals surface area (Å²) in [6, 6.07) is 2.77. The Kier molecular flexibility index (Phi) is 4.39. The first kappa shape index (κ1) is 17.9. The van der Waals surface area contributed by atoms with Crippen molar-refractivity contribution in [3.05, 3.63) is 48.3 Å². The summed E-state index contributed by atoms with van der Waals surface area (Å²) >= 11 is 1.46. The number of hydrogen-bond acceptors (Lipinski definition) is 5. The highest BCUT2D eigenvalue weighted by molar-refractivity contribution is 7.96. The second-order valence-electron chi connectivity index (χ2n) is 6.24. The van der Waals surface area contributed by atoms with Crippen LogP contribution in [0, 0.1) is 0 Å². The lowest BCUT2D eigenvalue weighted by atomic mass is 10.1. The number of carbonyl (C=O) groups is 1. The molecule has 0 saturated carbocycles. The summed E-state index contributed by atoms with van der Waals surface area (Å²) in [7, 11) is 0. The van der Waals surface area contributed by atoms with E-state index < -0.39 is 11.7 Å². The number of halogens is 3. The van der Waals surface area contributed by atoms with Gasteiger partial charge in [-0.25, -0.2) is 4.98 Å². The summed E-state index contributed by atoms with van der Waals surface area (Å²) in [6.45, 7) is 1.000. The number of imidazole rings is 1. The molecule has 1 aliphatic rings. The van der Waals surface area contributed by atoms with Crippen molar-refractivity contribution >= 4 is 23.5 Å². The minimum absolute atomic E-state index is 0.00700. The Morgan fingerprint density at radius 1 is 1.33 bits per heavy atom. The lowest BCUT2D eigenvalue weighted by molar-refractivity contribution is -0.136. The van der Waals surface area contributed by atoms with E-state index in [1.54, 1.807) is 11.0 Å². The van der Waals surface area contributed by atoms with E-state index in [2.05, 4.69) is 9.71 Å². The average molecular weight is 396 g/mol. The molecule has 0 bridgehead atoms. The summed E-state index contributed by atoms with van der Waals surface area (Å²) in [5.74, 6) is -0.379.